The largest absolute Gasteiger partial charge is 0.159 e. The summed E-state index contributed by atoms with van der Waals surface area (Å²) in [5.41, 5.74) is 0. The van der Waals surface area contributed by atoms with Gasteiger partial charge in [0.25, 0.3) is 0 Å². The smallest absolute Gasteiger partial charge is 0.120 e. The van der Waals surface area contributed by atoms with E-state index in [-0.39, 0.29) is 0 Å². The van der Waals surface area contributed by atoms with Crippen LogP contribution in [0.1, 0.15) is 39.0 Å². The van der Waals surface area contributed by atoms with Crippen LogP contribution >= 0.6 is 0 Å². The molecule has 0 N–H and O–H groups in total. The van der Waals surface area contributed by atoms with Gasteiger partial charge in [-0.2, -0.15) is 0 Å². The summed E-state index contributed by atoms with van der Waals surface area (Å²) in [4.78, 5) is 0. The molecule has 0 aliphatic heterocycles. The van der Waals surface area contributed by atoms with Crippen LogP contribution in [0.2, 0.25) is 13.6 Å². The van der Waals surface area contributed by atoms with E-state index < -0.39 is 0 Å². The molecule has 1 heteroatoms. The number of rotatable bonds is 6. The minimum absolute atomic E-state index is 0.723. The number of hydrogen-bond donors (Lipinski definition) is 0. The van der Waals surface area contributed by atoms with E-state index in [0.29, 0.717) is 0 Å². The second-order valence-electron chi connectivity index (χ2n) is 3.52. The Hall–Kier alpha value is -0.195. The predicted octanol–water partition coefficient (Wildman–Crippen LogP) is 3.81. The highest BCUT2D eigenvalue weighted by molar-refractivity contribution is 6.61. The van der Waals surface area contributed by atoms with Gasteiger partial charge in [-0.25, -0.2) is 0 Å². The van der Waals surface area contributed by atoms with Crippen molar-refractivity contribution < 1.29 is 0 Å². The summed E-state index contributed by atoms with van der Waals surface area (Å²) in [6.45, 7) is 7.43. The molecule has 0 aliphatic rings. The Kier molecular flexibility index (Phi) is 7.77. The fraction of sp³-hybridized carbons (Fsp3) is 0.800. The van der Waals surface area contributed by atoms with Gasteiger partial charge >= 0.3 is 0 Å². The van der Waals surface area contributed by atoms with Gasteiger partial charge < -0.3 is 0 Å². The summed E-state index contributed by atoms with van der Waals surface area (Å²) < 4.78 is 0. The van der Waals surface area contributed by atoms with E-state index in [1.54, 1.807) is 0 Å². The first-order valence-electron chi connectivity index (χ1n) is 4.94. The van der Waals surface area contributed by atoms with Gasteiger partial charge in [-0.15, -0.1) is 5.98 Å². The lowest BCUT2D eigenvalue weighted by molar-refractivity contribution is 0.674. The molecule has 0 heterocycles. The average Bonchev–Trinajstić information content (AvgIpc) is 1.96. The monoisotopic (exact) mass is 152 g/mol. The molecule has 0 rings (SSSR count). The maximum atomic E-state index is 2.32. The van der Waals surface area contributed by atoms with E-state index in [0.717, 1.165) is 6.71 Å². The molecular weight excluding hydrogens is 131 g/mol. The average molecular weight is 152 g/mol. The zero-order valence-corrected chi connectivity index (χ0v) is 8.27. The maximum Gasteiger partial charge on any atom is 0.159 e. The van der Waals surface area contributed by atoms with Crippen molar-refractivity contribution in [1.82, 2.24) is 0 Å². The molecule has 0 nitrogen and oxygen atoms in total. The molecule has 0 radical (unpaired) electrons. The zero-order valence-electron chi connectivity index (χ0n) is 8.27. The highest BCUT2D eigenvalue weighted by Gasteiger charge is 1.88. The van der Waals surface area contributed by atoms with E-state index in [1.165, 1.54) is 32.1 Å². The van der Waals surface area contributed by atoms with Crippen molar-refractivity contribution in [2.75, 3.05) is 0 Å². The summed E-state index contributed by atoms with van der Waals surface area (Å²) >= 11 is 0. The normalized spacial score (nSPS) is 10.8. The van der Waals surface area contributed by atoms with Gasteiger partial charge in [-0.1, -0.05) is 45.9 Å². The van der Waals surface area contributed by atoms with E-state index in [9.17, 15) is 0 Å². The van der Waals surface area contributed by atoms with E-state index >= 15 is 0 Å². The molecule has 0 unspecified atom stereocenters. The highest BCUT2D eigenvalue weighted by Crippen LogP contribution is 2.02. The van der Waals surface area contributed by atoms with Crippen LogP contribution < -0.4 is 0 Å². The van der Waals surface area contributed by atoms with E-state index in [1.807, 2.05) is 0 Å². The third kappa shape index (κ3) is 9.80. The fourth-order valence-corrected chi connectivity index (χ4v) is 1.06. The molecule has 0 spiro atoms. The lowest BCUT2D eigenvalue weighted by Gasteiger charge is -1.94. The molecule has 0 bridgehead atoms. The van der Waals surface area contributed by atoms with Crippen LogP contribution in [-0.4, -0.2) is 6.71 Å². The van der Waals surface area contributed by atoms with Crippen molar-refractivity contribution in [2.45, 2.75) is 52.7 Å². The van der Waals surface area contributed by atoms with Crippen LogP contribution in [0, 0.1) is 0 Å². The molecule has 0 aliphatic carbocycles. The first-order valence-corrected chi connectivity index (χ1v) is 4.94. The third-order valence-corrected chi connectivity index (χ3v) is 1.75. The first kappa shape index (κ1) is 10.8. The molecule has 0 atom stereocenters. The van der Waals surface area contributed by atoms with Gasteiger partial charge in [-0.05, 0) is 12.8 Å². The number of unbranched alkanes of at least 4 members (excludes halogenated alkanes) is 4. The van der Waals surface area contributed by atoms with Crippen molar-refractivity contribution in [3.63, 3.8) is 0 Å². The minimum atomic E-state index is 0.723. The second-order valence-corrected chi connectivity index (χ2v) is 3.52. The van der Waals surface area contributed by atoms with Gasteiger partial charge in [0.2, 0.25) is 0 Å². The van der Waals surface area contributed by atoms with Crippen molar-refractivity contribution in [2.24, 2.45) is 0 Å². The van der Waals surface area contributed by atoms with Gasteiger partial charge in [-0.3, -0.25) is 0 Å². The van der Waals surface area contributed by atoms with Crippen LogP contribution in [0.5, 0.6) is 0 Å². The van der Waals surface area contributed by atoms with Gasteiger partial charge in [0, 0.05) is 0 Å². The molecule has 0 fully saturated rings. The summed E-state index contributed by atoms with van der Waals surface area (Å²) in [6.07, 6.45) is 9.11. The van der Waals surface area contributed by atoms with Gasteiger partial charge in [0.05, 0.1) is 0 Å². The quantitative estimate of drug-likeness (QED) is 0.401. The summed E-state index contributed by atoms with van der Waals surface area (Å²) in [5, 5.41) is 0. The fourth-order valence-electron chi connectivity index (χ4n) is 1.06. The Bertz CT molecular complexity index is 95.0. The SMILES string of the molecule is CCCCCC/C=C\B(C)C. The topological polar surface area (TPSA) is 0 Å². The van der Waals surface area contributed by atoms with Crippen LogP contribution in [-0.2, 0) is 0 Å². The summed E-state index contributed by atoms with van der Waals surface area (Å²) in [7, 11) is 0. The van der Waals surface area contributed by atoms with Crippen LogP contribution in [0.3, 0.4) is 0 Å². The van der Waals surface area contributed by atoms with Crippen molar-refractivity contribution in [3.05, 3.63) is 12.1 Å². The molecule has 11 heavy (non-hydrogen) atoms. The summed E-state index contributed by atoms with van der Waals surface area (Å²) in [6, 6.07) is 0. The predicted molar refractivity (Wildman–Crippen MR) is 55.4 cm³/mol. The third-order valence-electron chi connectivity index (χ3n) is 1.75. The Morgan fingerprint density at radius 1 is 1.09 bits per heavy atom. The first-order chi connectivity index (χ1) is 5.27. The van der Waals surface area contributed by atoms with Crippen LogP contribution in [0.25, 0.3) is 0 Å². The molecule has 0 aromatic heterocycles. The molecule has 0 aromatic rings. The lowest BCUT2D eigenvalue weighted by atomic mass is 9.55. The van der Waals surface area contributed by atoms with Gasteiger partial charge in [0.1, 0.15) is 0 Å². The van der Waals surface area contributed by atoms with E-state index in [4.69, 9.17) is 0 Å². The number of allylic oxidation sites excluding steroid dienone is 1. The van der Waals surface area contributed by atoms with Crippen molar-refractivity contribution >= 4 is 6.71 Å². The Balaban J connectivity index is 3.01. The molecular formula is C10H21B. The van der Waals surface area contributed by atoms with Crippen molar-refractivity contribution in [3.8, 4) is 0 Å². The van der Waals surface area contributed by atoms with Crippen LogP contribution in [0.4, 0.5) is 0 Å². The minimum Gasteiger partial charge on any atom is -0.120 e. The molecule has 64 valence electrons. The second kappa shape index (κ2) is 7.91. The molecule has 0 saturated carbocycles. The molecule has 0 saturated heterocycles. The maximum absolute atomic E-state index is 2.32. The standard InChI is InChI=1S/C10H21B/c1-4-5-6-7-8-9-10-11(2)3/h9-10H,4-8H2,1-3H3/b10-9-. The lowest BCUT2D eigenvalue weighted by Crippen LogP contribution is -1.91. The highest BCUT2D eigenvalue weighted by atomic mass is 13.9. The van der Waals surface area contributed by atoms with Crippen molar-refractivity contribution in [1.29, 1.82) is 0 Å². The Labute approximate surface area is 72.2 Å². The zero-order chi connectivity index (χ0) is 8.53. The Morgan fingerprint density at radius 2 is 1.82 bits per heavy atom. The summed E-state index contributed by atoms with van der Waals surface area (Å²) in [5.74, 6) is 2.30. The Morgan fingerprint density at radius 3 is 2.36 bits per heavy atom. The number of hydrogen-bond acceptors (Lipinski definition) is 0. The molecule has 0 amide bonds. The molecule has 0 aromatic carbocycles. The van der Waals surface area contributed by atoms with Crippen LogP contribution in [0.15, 0.2) is 12.1 Å². The van der Waals surface area contributed by atoms with E-state index in [2.05, 4.69) is 32.6 Å². The van der Waals surface area contributed by atoms with Gasteiger partial charge in [0.15, 0.2) is 6.71 Å².